The van der Waals surface area contributed by atoms with Gasteiger partial charge in [-0.15, -0.1) is 0 Å². The first kappa shape index (κ1) is 18.9. The number of ketones is 1. The monoisotopic (exact) mass is 386 g/mol. The number of aliphatic hydroxyl groups is 1. The number of para-hydroxylation sites is 1. The van der Waals surface area contributed by atoms with Crippen molar-refractivity contribution >= 4 is 23.1 Å². The maximum absolute atomic E-state index is 13.2. The first-order chi connectivity index (χ1) is 14.0. The van der Waals surface area contributed by atoms with E-state index < -0.39 is 11.5 Å². The van der Waals surface area contributed by atoms with Gasteiger partial charge in [0.25, 0.3) is 5.91 Å². The molecule has 1 aliphatic heterocycles. The van der Waals surface area contributed by atoms with Crippen molar-refractivity contribution in [1.82, 2.24) is 0 Å². The van der Waals surface area contributed by atoms with Gasteiger partial charge in [-0.3, -0.25) is 9.59 Å². The molecule has 5 nitrogen and oxygen atoms in total. The minimum absolute atomic E-state index is 0.305. The number of hydrogen-bond acceptors (Lipinski definition) is 4. The number of anilines is 2. The molecule has 3 aromatic carbocycles. The number of amides is 1. The van der Waals surface area contributed by atoms with Gasteiger partial charge in [-0.05, 0) is 42.3 Å². The molecule has 1 atom stereocenters. The molecule has 5 heteroatoms. The van der Waals surface area contributed by atoms with Crippen LogP contribution in [0.2, 0.25) is 0 Å². The highest BCUT2D eigenvalue weighted by molar-refractivity contribution is 6.10. The minimum Gasteiger partial charge on any atom is -0.399 e. The molecule has 4 rings (SSSR count). The summed E-state index contributed by atoms with van der Waals surface area (Å²) >= 11 is 0. The first-order valence-corrected chi connectivity index (χ1v) is 9.55. The second-order valence-corrected chi connectivity index (χ2v) is 7.29. The van der Waals surface area contributed by atoms with Crippen LogP contribution >= 0.6 is 0 Å². The molecule has 0 saturated carbocycles. The van der Waals surface area contributed by atoms with Crippen LogP contribution in [0.1, 0.15) is 27.9 Å². The van der Waals surface area contributed by atoms with Crippen molar-refractivity contribution in [2.75, 3.05) is 17.2 Å². The molecule has 0 aromatic heterocycles. The Kier molecular flexibility index (Phi) is 4.91. The second-order valence-electron chi connectivity index (χ2n) is 7.29. The molecule has 1 aliphatic rings. The van der Waals surface area contributed by atoms with Crippen LogP contribution in [-0.2, 0) is 16.8 Å². The number of carbonyl (C=O) groups excluding carboxylic acids is 2. The zero-order valence-electron chi connectivity index (χ0n) is 15.9. The van der Waals surface area contributed by atoms with Gasteiger partial charge < -0.3 is 15.7 Å². The number of carbonyl (C=O) groups is 2. The van der Waals surface area contributed by atoms with Crippen LogP contribution in [-0.4, -0.2) is 23.3 Å². The Morgan fingerprint density at radius 2 is 1.59 bits per heavy atom. The zero-order valence-corrected chi connectivity index (χ0v) is 15.9. The van der Waals surface area contributed by atoms with E-state index in [-0.39, 0.29) is 12.2 Å². The fourth-order valence-electron chi connectivity index (χ4n) is 3.79. The highest BCUT2D eigenvalue weighted by atomic mass is 16.3. The van der Waals surface area contributed by atoms with Gasteiger partial charge in [-0.1, -0.05) is 48.5 Å². The maximum Gasteiger partial charge on any atom is 0.264 e. The highest BCUT2D eigenvalue weighted by Crippen LogP contribution is 2.42. The molecule has 0 radical (unpaired) electrons. The normalized spacial score (nSPS) is 18.0. The SMILES string of the molecule is Nc1ccc(C(=O)C[C@]2(O)C(=O)N(CCc3ccccc3)c3ccccc32)cc1. The minimum atomic E-state index is -1.87. The Morgan fingerprint density at radius 1 is 0.931 bits per heavy atom. The Balaban J connectivity index is 1.60. The van der Waals surface area contributed by atoms with Gasteiger partial charge in [-0.2, -0.15) is 0 Å². The molecule has 0 unspecified atom stereocenters. The lowest BCUT2D eigenvalue weighted by atomic mass is 9.88. The number of nitrogens with zero attached hydrogens (tertiary/aromatic N) is 1. The van der Waals surface area contributed by atoms with Crippen LogP contribution < -0.4 is 10.6 Å². The van der Waals surface area contributed by atoms with E-state index in [0.717, 1.165) is 5.56 Å². The molecule has 29 heavy (non-hydrogen) atoms. The molecule has 0 fully saturated rings. The number of nitrogen functional groups attached to an aromatic ring is 1. The lowest BCUT2D eigenvalue weighted by molar-refractivity contribution is -0.135. The van der Waals surface area contributed by atoms with Gasteiger partial charge in [0.05, 0.1) is 12.1 Å². The molecule has 0 aliphatic carbocycles. The molecule has 0 saturated heterocycles. The summed E-state index contributed by atoms with van der Waals surface area (Å²) in [5, 5.41) is 11.3. The van der Waals surface area contributed by atoms with Crippen LogP contribution in [0.3, 0.4) is 0 Å². The van der Waals surface area contributed by atoms with E-state index in [1.165, 1.54) is 0 Å². The van der Waals surface area contributed by atoms with E-state index >= 15 is 0 Å². The number of benzene rings is 3. The van der Waals surface area contributed by atoms with E-state index in [1.54, 1.807) is 41.3 Å². The molecule has 3 N–H and O–H groups in total. The van der Waals surface area contributed by atoms with Gasteiger partial charge in [0.2, 0.25) is 0 Å². The standard InChI is InChI=1S/C24H22N2O3/c25-19-12-10-18(11-13-19)22(27)16-24(29)20-8-4-5-9-21(20)26(23(24)28)15-14-17-6-2-1-3-7-17/h1-13,29H,14-16,25H2/t24-/m1/s1. The predicted molar refractivity (Wildman–Crippen MR) is 113 cm³/mol. The Morgan fingerprint density at radius 3 is 2.31 bits per heavy atom. The number of hydrogen-bond donors (Lipinski definition) is 2. The summed E-state index contributed by atoms with van der Waals surface area (Å²) in [4.78, 5) is 27.6. The lowest BCUT2D eigenvalue weighted by Crippen LogP contribution is -2.42. The third-order valence-corrected chi connectivity index (χ3v) is 5.36. The van der Waals surface area contributed by atoms with Crippen LogP contribution in [0, 0.1) is 0 Å². The molecule has 0 spiro atoms. The largest absolute Gasteiger partial charge is 0.399 e. The average Bonchev–Trinajstić information content (AvgIpc) is 2.95. The molecule has 0 bridgehead atoms. The first-order valence-electron chi connectivity index (χ1n) is 9.55. The molecule has 146 valence electrons. The summed E-state index contributed by atoms with van der Waals surface area (Å²) in [5.74, 6) is -0.765. The molecule has 1 amide bonds. The highest BCUT2D eigenvalue weighted by Gasteiger charge is 2.50. The van der Waals surface area contributed by atoms with Crippen molar-refractivity contribution in [3.8, 4) is 0 Å². The maximum atomic E-state index is 13.2. The van der Waals surface area contributed by atoms with Gasteiger partial charge in [0.1, 0.15) is 0 Å². The van der Waals surface area contributed by atoms with E-state index in [0.29, 0.717) is 35.5 Å². The van der Waals surface area contributed by atoms with E-state index in [9.17, 15) is 14.7 Å². The Hall–Kier alpha value is -3.44. The quantitative estimate of drug-likeness (QED) is 0.503. The van der Waals surface area contributed by atoms with Crippen LogP contribution in [0.15, 0.2) is 78.9 Å². The summed E-state index contributed by atoms with van der Waals surface area (Å²) < 4.78 is 0. The second kappa shape index (κ2) is 7.53. The van der Waals surface area contributed by atoms with Crippen molar-refractivity contribution in [3.05, 3.63) is 95.6 Å². The van der Waals surface area contributed by atoms with Gasteiger partial charge in [0.15, 0.2) is 11.4 Å². The van der Waals surface area contributed by atoms with Crippen molar-refractivity contribution in [3.63, 3.8) is 0 Å². The van der Waals surface area contributed by atoms with Crippen LogP contribution in [0.25, 0.3) is 0 Å². The zero-order chi connectivity index (χ0) is 20.4. The fourth-order valence-corrected chi connectivity index (χ4v) is 3.79. The van der Waals surface area contributed by atoms with Crippen molar-refractivity contribution < 1.29 is 14.7 Å². The third-order valence-electron chi connectivity index (χ3n) is 5.36. The fraction of sp³-hybridized carbons (Fsp3) is 0.167. The topological polar surface area (TPSA) is 83.6 Å². The van der Waals surface area contributed by atoms with Crippen LogP contribution in [0.4, 0.5) is 11.4 Å². The third kappa shape index (κ3) is 3.52. The molecular weight excluding hydrogens is 364 g/mol. The summed E-state index contributed by atoms with van der Waals surface area (Å²) in [5.41, 5.74) is 7.01. The lowest BCUT2D eigenvalue weighted by Gasteiger charge is -2.23. The van der Waals surface area contributed by atoms with Gasteiger partial charge in [0, 0.05) is 23.4 Å². The van der Waals surface area contributed by atoms with E-state index in [1.807, 2.05) is 42.5 Å². The van der Waals surface area contributed by atoms with E-state index in [2.05, 4.69) is 0 Å². The number of rotatable bonds is 6. The average molecular weight is 386 g/mol. The molecule has 3 aromatic rings. The number of nitrogens with two attached hydrogens (primary N) is 1. The molecular formula is C24H22N2O3. The number of Topliss-reactive ketones (excluding diaryl/α,β-unsaturated/α-hetero) is 1. The van der Waals surface area contributed by atoms with Crippen molar-refractivity contribution in [2.24, 2.45) is 0 Å². The number of fused-ring (bicyclic) bond motifs is 1. The summed E-state index contributed by atoms with van der Waals surface area (Å²) in [6, 6.07) is 23.5. The predicted octanol–water partition coefficient (Wildman–Crippen LogP) is 3.32. The van der Waals surface area contributed by atoms with Gasteiger partial charge in [-0.25, -0.2) is 0 Å². The van der Waals surface area contributed by atoms with Gasteiger partial charge >= 0.3 is 0 Å². The van der Waals surface area contributed by atoms with Crippen molar-refractivity contribution in [1.29, 1.82) is 0 Å². The summed E-state index contributed by atoms with van der Waals surface area (Å²) in [7, 11) is 0. The Labute approximate surface area is 169 Å². The van der Waals surface area contributed by atoms with Crippen LogP contribution in [0.5, 0.6) is 0 Å². The summed E-state index contributed by atoms with van der Waals surface area (Å²) in [6.07, 6.45) is 0.345. The summed E-state index contributed by atoms with van der Waals surface area (Å²) in [6.45, 7) is 0.429. The smallest absolute Gasteiger partial charge is 0.264 e. The van der Waals surface area contributed by atoms with E-state index in [4.69, 9.17) is 5.73 Å². The Bertz CT molecular complexity index is 1050. The van der Waals surface area contributed by atoms with Crippen molar-refractivity contribution in [2.45, 2.75) is 18.4 Å². The molecule has 1 heterocycles.